The molecule has 1 amide bonds. The average Bonchev–Trinajstić information content (AvgIpc) is 2.84. The quantitative estimate of drug-likeness (QED) is 0.292. The molecule has 0 aromatic heterocycles. The van der Waals surface area contributed by atoms with Crippen molar-refractivity contribution in [3.63, 3.8) is 0 Å². The van der Waals surface area contributed by atoms with Gasteiger partial charge in [0.2, 0.25) is 0 Å². The van der Waals surface area contributed by atoms with Crippen LogP contribution < -0.4 is 0 Å². The molecule has 0 unspecified atom stereocenters. The minimum atomic E-state index is -0.214. The van der Waals surface area contributed by atoms with E-state index >= 15 is 0 Å². The molecule has 4 nitrogen and oxygen atoms in total. The third-order valence-corrected chi connectivity index (χ3v) is 5.15. The molecule has 1 fully saturated rings. The Labute approximate surface area is 158 Å². The second-order valence-electron chi connectivity index (χ2n) is 5.92. The number of ether oxygens (including phenoxy) is 1. The largest absolute Gasteiger partial charge is 0.466 e. The zero-order valence-electron chi connectivity index (χ0n) is 14.6. The Kier molecular flexibility index (Phi) is 7.65. The molecule has 134 valence electrons. The SMILES string of the molecule is CCCCOC(=O)CCCN1C(=O)C(=Cc2ccc(C)cc2)SC1=S. The van der Waals surface area contributed by atoms with E-state index in [9.17, 15) is 9.59 Å². The molecule has 1 aliphatic rings. The van der Waals surface area contributed by atoms with Crippen LogP contribution in [0.15, 0.2) is 29.2 Å². The number of rotatable bonds is 8. The number of nitrogens with zero attached hydrogens (tertiary/aromatic N) is 1. The highest BCUT2D eigenvalue weighted by Gasteiger charge is 2.31. The summed E-state index contributed by atoms with van der Waals surface area (Å²) in [5, 5.41) is 0. The van der Waals surface area contributed by atoms with Gasteiger partial charge in [-0.2, -0.15) is 0 Å². The van der Waals surface area contributed by atoms with Gasteiger partial charge in [0.15, 0.2) is 0 Å². The minimum absolute atomic E-state index is 0.0880. The van der Waals surface area contributed by atoms with Crippen molar-refractivity contribution in [1.82, 2.24) is 4.90 Å². The Bertz CT molecular complexity index is 668. The van der Waals surface area contributed by atoms with Crippen LogP contribution in [0.4, 0.5) is 0 Å². The maximum atomic E-state index is 12.5. The lowest BCUT2D eigenvalue weighted by Crippen LogP contribution is -2.29. The molecule has 0 atom stereocenters. The van der Waals surface area contributed by atoms with E-state index in [1.54, 1.807) is 4.90 Å². The molecular weight excluding hydrogens is 354 g/mol. The molecule has 0 spiro atoms. The van der Waals surface area contributed by atoms with Crippen LogP contribution in [0.5, 0.6) is 0 Å². The van der Waals surface area contributed by atoms with Crippen molar-refractivity contribution >= 4 is 46.3 Å². The predicted octanol–water partition coefficient (Wildman–Crippen LogP) is 4.32. The molecule has 6 heteroatoms. The van der Waals surface area contributed by atoms with Gasteiger partial charge in [0.05, 0.1) is 11.5 Å². The van der Waals surface area contributed by atoms with Crippen LogP contribution in [-0.2, 0) is 14.3 Å². The van der Waals surface area contributed by atoms with Crippen LogP contribution in [-0.4, -0.2) is 34.2 Å². The van der Waals surface area contributed by atoms with E-state index in [-0.39, 0.29) is 11.9 Å². The van der Waals surface area contributed by atoms with Crippen LogP contribution in [0.3, 0.4) is 0 Å². The molecule has 1 heterocycles. The third kappa shape index (κ3) is 5.97. The molecule has 2 rings (SSSR count). The summed E-state index contributed by atoms with van der Waals surface area (Å²) in [5.74, 6) is -0.302. The van der Waals surface area contributed by atoms with E-state index < -0.39 is 0 Å². The van der Waals surface area contributed by atoms with Crippen LogP contribution in [0, 0.1) is 6.92 Å². The Hall–Kier alpha value is -1.66. The third-order valence-electron chi connectivity index (χ3n) is 3.77. The Morgan fingerprint density at radius 3 is 2.68 bits per heavy atom. The Morgan fingerprint density at radius 1 is 1.28 bits per heavy atom. The van der Waals surface area contributed by atoms with Crippen molar-refractivity contribution in [2.75, 3.05) is 13.2 Å². The first-order valence-corrected chi connectivity index (χ1v) is 9.71. The first-order chi connectivity index (χ1) is 12.0. The number of unbranched alkanes of at least 4 members (excludes halogenated alkanes) is 1. The minimum Gasteiger partial charge on any atom is -0.466 e. The lowest BCUT2D eigenvalue weighted by atomic mass is 10.1. The first kappa shape index (κ1) is 19.7. The topological polar surface area (TPSA) is 46.6 Å². The van der Waals surface area contributed by atoms with Gasteiger partial charge in [0, 0.05) is 13.0 Å². The second kappa shape index (κ2) is 9.73. The van der Waals surface area contributed by atoms with Crippen LogP contribution in [0.2, 0.25) is 0 Å². The van der Waals surface area contributed by atoms with Crippen molar-refractivity contribution in [2.24, 2.45) is 0 Å². The molecule has 0 saturated carbocycles. The number of hydrogen-bond acceptors (Lipinski definition) is 5. The first-order valence-electron chi connectivity index (χ1n) is 8.49. The van der Waals surface area contributed by atoms with Gasteiger partial charge in [-0.25, -0.2) is 0 Å². The maximum absolute atomic E-state index is 12.5. The number of benzene rings is 1. The molecule has 0 N–H and O–H groups in total. The Balaban J connectivity index is 1.86. The number of carbonyl (C=O) groups is 2. The zero-order valence-corrected chi connectivity index (χ0v) is 16.3. The number of thiocarbonyl (C=S) groups is 1. The summed E-state index contributed by atoms with van der Waals surface area (Å²) in [7, 11) is 0. The van der Waals surface area contributed by atoms with E-state index in [2.05, 4.69) is 0 Å². The average molecular weight is 378 g/mol. The predicted molar refractivity (Wildman–Crippen MR) is 106 cm³/mol. The number of carbonyl (C=O) groups excluding carboxylic acids is 2. The molecule has 0 aliphatic carbocycles. The summed E-state index contributed by atoms with van der Waals surface area (Å²) in [6, 6.07) is 7.98. The normalized spacial score (nSPS) is 15.9. The van der Waals surface area contributed by atoms with Gasteiger partial charge in [-0.1, -0.05) is 67.2 Å². The zero-order chi connectivity index (χ0) is 18.2. The molecule has 1 saturated heterocycles. The summed E-state index contributed by atoms with van der Waals surface area (Å²) in [6.07, 6.45) is 4.59. The highest BCUT2D eigenvalue weighted by Crippen LogP contribution is 2.32. The lowest BCUT2D eigenvalue weighted by Gasteiger charge is -2.13. The van der Waals surface area contributed by atoms with E-state index in [0.717, 1.165) is 18.4 Å². The molecule has 1 aromatic carbocycles. The van der Waals surface area contributed by atoms with Crippen molar-refractivity contribution in [3.05, 3.63) is 40.3 Å². The number of hydrogen-bond donors (Lipinski definition) is 0. The highest BCUT2D eigenvalue weighted by atomic mass is 32.2. The lowest BCUT2D eigenvalue weighted by molar-refractivity contribution is -0.144. The Morgan fingerprint density at radius 2 is 2.00 bits per heavy atom. The van der Waals surface area contributed by atoms with Gasteiger partial charge in [-0.15, -0.1) is 0 Å². The number of esters is 1. The molecule has 25 heavy (non-hydrogen) atoms. The second-order valence-corrected chi connectivity index (χ2v) is 7.60. The van der Waals surface area contributed by atoms with E-state index in [1.807, 2.05) is 44.2 Å². The van der Waals surface area contributed by atoms with E-state index in [4.69, 9.17) is 17.0 Å². The van der Waals surface area contributed by atoms with E-state index in [1.165, 1.54) is 17.3 Å². The van der Waals surface area contributed by atoms with Gasteiger partial charge in [0.1, 0.15) is 4.32 Å². The summed E-state index contributed by atoms with van der Waals surface area (Å²) in [6.45, 7) is 4.98. The maximum Gasteiger partial charge on any atom is 0.305 e. The van der Waals surface area contributed by atoms with Crippen LogP contribution in [0.1, 0.15) is 43.7 Å². The van der Waals surface area contributed by atoms with Gasteiger partial charge in [-0.3, -0.25) is 14.5 Å². The number of amides is 1. The standard InChI is InChI=1S/C19H23NO3S2/c1-3-4-12-23-17(21)6-5-11-20-18(22)16(25-19(20)24)13-15-9-7-14(2)8-10-15/h7-10,13H,3-6,11-12H2,1-2H3. The monoisotopic (exact) mass is 377 g/mol. The van der Waals surface area contributed by atoms with Crippen molar-refractivity contribution < 1.29 is 14.3 Å². The molecule has 1 aliphatic heterocycles. The van der Waals surface area contributed by atoms with Crippen molar-refractivity contribution in [2.45, 2.75) is 39.5 Å². The van der Waals surface area contributed by atoms with Gasteiger partial charge in [-0.05, 0) is 31.4 Å². The fourth-order valence-electron chi connectivity index (χ4n) is 2.29. The smallest absolute Gasteiger partial charge is 0.305 e. The number of thioether (sulfide) groups is 1. The van der Waals surface area contributed by atoms with Crippen LogP contribution >= 0.6 is 24.0 Å². The number of aryl methyl sites for hydroxylation is 1. The fraction of sp³-hybridized carbons (Fsp3) is 0.421. The summed E-state index contributed by atoms with van der Waals surface area (Å²) in [4.78, 5) is 26.3. The molecule has 0 bridgehead atoms. The molecule has 0 radical (unpaired) electrons. The highest BCUT2D eigenvalue weighted by molar-refractivity contribution is 8.26. The molecule has 1 aromatic rings. The van der Waals surface area contributed by atoms with Crippen molar-refractivity contribution in [3.8, 4) is 0 Å². The summed E-state index contributed by atoms with van der Waals surface area (Å²) in [5.41, 5.74) is 2.15. The van der Waals surface area contributed by atoms with Gasteiger partial charge >= 0.3 is 5.97 Å². The van der Waals surface area contributed by atoms with Gasteiger partial charge in [0.25, 0.3) is 5.91 Å². The fourth-order valence-corrected chi connectivity index (χ4v) is 3.60. The van der Waals surface area contributed by atoms with Crippen molar-refractivity contribution in [1.29, 1.82) is 0 Å². The van der Waals surface area contributed by atoms with Gasteiger partial charge < -0.3 is 4.74 Å². The summed E-state index contributed by atoms with van der Waals surface area (Å²) < 4.78 is 5.66. The van der Waals surface area contributed by atoms with Crippen LogP contribution in [0.25, 0.3) is 6.08 Å². The molecular formula is C19H23NO3S2. The summed E-state index contributed by atoms with van der Waals surface area (Å²) >= 11 is 6.62. The van der Waals surface area contributed by atoms with E-state index in [0.29, 0.717) is 35.2 Å².